The van der Waals surface area contributed by atoms with E-state index in [0.29, 0.717) is 10.5 Å². The Kier molecular flexibility index (Phi) is 5.12. The summed E-state index contributed by atoms with van der Waals surface area (Å²) in [6.45, 7) is -1.15. The van der Waals surface area contributed by atoms with Gasteiger partial charge in [-0.1, -0.05) is 6.07 Å². The van der Waals surface area contributed by atoms with Gasteiger partial charge in [-0.15, -0.1) is 10.2 Å². The van der Waals surface area contributed by atoms with E-state index in [4.69, 9.17) is 4.42 Å². The van der Waals surface area contributed by atoms with Gasteiger partial charge in [-0.2, -0.15) is 8.78 Å². The molecule has 0 unspecified atom stereocenters. The molecule has 0 saturated carbocycles. The van der Waals surface area contributed by atoms with Crippen LogP contribution in [0.3, 0.4) is 0 Å². The maximum absolute atomic E-state index is 12.2. The number of nitrogens with zero attached hydrogens (tertiary/aromatic N) is 3. The summed E-state index contributed by atoms with van der Waals surface area (Å²) in [6, 6.07) is 10.5. The fourth-order valence-electron chi connectivity index (χ4n) is 2.10. The standard InChI is InChI=1S/C16H11F2N3O4S/c1-9-2-7-13(12(8-9)21(22)23)26-16-20-19-14(25-16)10-3-5-11(6-4-10)24-15(17)18/h2-8,15H,1H3. The van der Waals surface area contributed by atoms with E-state index in [0.717, 1.165) is 17.3 Å². The van der Waals surface area contributed by atoms with Crippen molar-refractivity contribution < 1.29 is 22.9 Å². The number of halogens is 2. The maximum atomic E-state index is 12.2. The smallest absolute Gasteiger partial charge is 0.387 e. The zero-order chi connectivity index (χ0) is 18.7. The molecule has 10 heteroatoms. The molecule has 0 bridgehead atoms. The minimum Gasteiger partial charge on any atom is -0.435 e. The van der Waals surface area contributed by atoms with Gasteiger partial charge in [0.2, 0.25) is 5.89 Å². The van der Waals surface area contributed by atoms with Crippen LogP contribution in [0.4, 0.5) is 14.5 Å². The number of aryl methyl sites for hydroxylation is 1. The molecular formula is C16H11F2N3O4S. The minimum atomic E-state index is -2.91. The van der Waals surface area contributed by atoms with Crippen molar-refractivity contribution in [3.05, 3.63) is 58.1 Å². The molecule has 1 aromatic heterocycles. The molecule has 0 N–H and O–H groups in total. The van der Waals surface area contributed by atoms with E-state index in [9.17, 15) is 18.9 Å². The largest absolute Gasteiger partial charge is 0.435 e. The summed E-state index contributed by atoms with van der Waals surface area (Å²) >= 11 is 0.973. The van der Waals surface area contributed by atoms with Crippen molar-refractivity contribution in [1.82, 2.24) is 10.2 Å². The minimum absolute atomic E-state index is 0.00754. The van der Waals surface area contributed by atoms with Crippen molar-refractivity contribution in [3.63, 3.8) is 0 Å². The molecule has 134 valence electrons. The number of alkyl halides is 2. The summed E-state index contributed by atoms with van der Waals surface area (Å²) in [7, 11) is 0. The molecule has 26 heavy (non-hydrogen) atoms. The molecule has 3 rings (SSSR count). The van der Waals surface area contributed by atoms with Gasteiger partial charge in [0.25, 0.3) is 10.9 Å². The Balaban J connectivity index is 1.79. The van der Waals surface area contributed by atoms with Gasteiger partial charge in [-0.25, -0.2) is 0 Å². The highest BCUT2D eigenvalue weighted by atomic mass is 32.2. The molecule has 0 aliphatic carbocycles. The van der Waals surface area contributed by atoms with Gasteiger partial charge in [0.1, 0.15) is 5.75 Å². The average molecular weight is 379 g/mol. The molecule has 0 spiro atoms. The van der Waals surface area contributed by atoms with E-state index in [2.05, 4.69) is 14.9 Å². The zero-order valence-electron chi connectivity index (χ0n) is 13.3. The second kappa shape index (κ2) is 7.48. The third-order valence-corrected chi connectivity index (χ3v) is 4.15. The number of nitro groups is 1. The predicted molar refractivity (Wildman–Crippen MR) is 88.3 cm³/mol. The first-order valence-electron chi connectivity index (χ1n) is 7.24. The normalized spacial score (nSPS) is 10.9. The van der Waals surface area contributed by atoms with Crippen molar-refractivity contribution in [2.45, 2.75) is 23.7 Å². The van der Waals surface area contributed by atoms with Gasteiger partial charge >= 0.3 is 6.61 Å². The molecule has 1 heterocycles. The summed E-state index contributed by atoms with van der Waals surface area (Å²) in [6.07, 6.45) is 0. The Morgan fingerprint density at radius 3 is 2.58 bits per heavy atom. The van der Waals surface area contributed by atoms with Crippen LogP contribution in [0.1, 0.15) is 5.56 Å². The number of aromatic nitrogens is 2. The molecule has 0 atom stereocenters. The summed E-state index contributed by atoms with van der Waals surface area (Å²) in [5, 5.41) is 19.0. The number of rotatable bonds is 6. The quantitative estimate of drug-likeness (QED) is 0.452. The zero-order valence-corrected chi connectivity index (χ0v) is 14.1. The van der Waals surface area contributed by atoms with Crippen LogP contribution >= 0.6 is 11.8 Å². The van der Waals surface area contributed by atoms with Gasteiger partial charge in [0.15, 0.2) is 0 Å². The molecule has 0 amide bonds. The molecule has 2 aromatic carbocycles. The van der Waals surface area contributed by atoms with Crippen LogP contribution in [0, 0.1) is 17.0 Å². The Labute approximate surface area is 150 Å². The molecule has 0 aliphatic rings. The first-order valence-corrected chi connectivity index (χ1v) is 8.05. The van der Waals surface area contributed by atoms with Crippen molar-refractivity contribution in [1.29, 1.82) is 0 Å². The number of ether oxygens (including phenoxy) is 1. The summed E-state index contributed by atoms with van der Waals surface area (Å²) in [5.41, 5.74) is 1.21. The lowest BCUT2D eigenvalue weighted by Gasteiger charge is -2.03. The first-order chi connectivity index (χ1) is 12.4. The Morgan fingerprint density at radius 1 is 1.19 bits per heavy atom. The van der Waals surface area contributed by atoms with E-state index in [1.807, 2.05) is 0 Å². The molecule has 0 fully saturated rings. The number of hydrogen-bond acceptors (Lipinski definition) is 7. The Hall–Kier alpha value is -3.01. The van der Waals surface area contributed by atoms with E-state index in [1.54, 1.807) is 19.1 Å². The fourth-order valence-corrected chi connectivity index (χ4v) is 2.86. The van der Waals surface area contributed by atoms with Gasteiger partial charge in [-0.3, -0.25) is 10.1 Å². The van der Waals surface area contributed by atoms with E-state index in [-0.39, 0.29) is 22.6 Å². The monoisotopic (exact) mass is 379 g/mol. The lowest BCUT2D eigenvalue weighted by atomic mass is 10.2. The lowest BCUT2D eigenvalue weighted by Crippen LogP contribution is -2.01. The fraction of sp³-hybridized carbons (Fsp3) is 0.125. The SMILES string of the molecule is Cc1ccc(Sc2nnc(-c3ccc(OC(F)F)cc3)o2)c([N+](=O)[O-])c1. The maximum Gasteiger partial charge on any atom is 0.387 e. The first kappa shape index (κ1) is 17.8. The summed E-state index contributed by atoms with van der Waals surface area (Å²) in [4.78, 5) is 11.1. The van der Waals surface area contributed by atoms with Crippen molar-refractivity contribution in [3.8, 4) is 17.2 Å². The topological polar surface area (TPSA) is 91.3 Å². The van der Waals surface area contributed by atoms with Crippen LogP contribution in [0.15, 0.2) is 57.0 Å². The summed E-state index contributed by atoms with van der Waals surface area (Å²) < 4.78 is 34.1. The summed E-state index contributed by atoms with van der Waals surface area (Å²) in [5.74, 6) is 0.166. The highest BCUT2D eigenvalue weighted by Gasteiger charge is 2.18. The second-order valence-corrected chi connectivity index (χ2v) is 6.10. The highest BCUT2D eigenvalue weighted by molar-refractivity contribution is 7.99. The number of benzene rings is 2. The molecule has 7 nitrogen and oxygen atoms in total. The van der Waals surface area contributed by atoms with Crippen LogP contribution in [-0.4, -0.2) is 21.7 Å². The average Bonchev–Trinajstić information content (AvgIpc) is 3.05. The Bertz CT molecular complexity index is 931. The van der Waals surface area contributed by atoms with Crippen molar-refractivity contribution in [2.75, 3.05) is 0 Å². The highest BCUT2D eigenvalue weighted by Crippen LogP contribution is 2.35. The van der Waals surface area contributed by atoms with Crippen LogP contribution in [-0.2, 0) is 0 Å². The number of nitro benzene ring substituents is 1. The number of hydrogen-bond donors (Lipinski definition) is 0. The van der Waals surface area contributed by atoms with Gasteiger partial charge in [0.05, 0.1) is 9.82 Å². The molecule has 0 saturated heterocycles. The van der Waals surface area contributed by atoms with Crippen LogP contribution < -0.4 is 4.74 Å². The van der Waals surface area contributed by atoms with Crippen molar-refractivity contribution in [2.24, 2.45) is 0 Å². The lowest BCUT2D eigenvalue weighted by molar-refractivity contribution is -0.387. The third kappa shape index (κ3) is 4.14. The van der Waals surface area contributed by atoms with Gasteiger partial charge in [-0.05, 0) is 54.6 Å². The van der Waals surface area contributed by atoms with Gasteiger partial charge < -0.3 is 9.15 Å². The molecule has 0 radical (unpaired) electrons. The molecule has 3 aromatic rings. The van der Waals surface area contributed by atoms with Crippen LogP contribution in [0.25, 0.3) is 11.5 Å². The molecular weight excluding hydrogens is 368 g/mol. The third-order valence-electron chi connectivity index (χ3n) is 3.24. The van der Waals surface area contributed by atoms with E-state index in [1.165, 1.54) is 30.3 Å². The molecule has 0 aliphatic heterocycles. The van der Waals surface area contributed by atoms with Crippen LogP contribution in [0.2, 0.25) is 0 Å². The van der Waals surface area contributed by atoms with E-state index < -0.39 is 11.5 Å². The van der Waals surface area contributed by atoms with E-state index >= 15 is 0 Å². The van der Waals surface area contributed by atoms with Crippen molar-refractivity contribution >= 4 is 17.4 Å². The second-order valence-electron chi connectivity index (χ2n) is 5.11. The Morgan fingerprint density at radius 2 is 1.92 bits per heavy atom. The predicted octanol–water partition coefficient (Wildman–Crippen LogP) is 4.71. The van der Waals surface area contributed by atoms with Gasteiger partial charge in [0, 0.05) is 11.6 Å². The van der Waals surface area contributed by atoms with Crippen LogP contribution in [0.5, 0.6) is 5.75 Å².